The third kappa shape index (κ3) is 1.47. The minimum absolute atomic E-state index is 0.377. The number of benzene rings is 1. The molecule has 1 N–H and O–H groups in total. The van der Waals surface area contributed by atoms with E-state index < -0.39 is 11.6 Å². The summed E-state index contributed by atoms with van der Waals surface area (Å²) in [6.07, 6.45) is 3.42. The molecule has 0 amide bonds. The number of hydrogen-bond donors (Lipinski definition) is 1. The average Bonchev–Trinajstić information content (AvgIpc) is 2.56. The van der Waals surface area contributed by atoms with Crippen molar-refractivity contribution in [2.75, 3.05) is 11.6 Å². The molecule has 13 heavy (non-hydrogen) atoms. The molecule has 0 radical (unpaired) electrons. The number of nitrogens with one attached hydrogen (secondary N) is 1. The van der Waals surface area contributed by atoms with E-state index in [0.717, 1.165) is 6.07 Å². The average molecular weight is 182 g/mol. The first-order valence-corrected chi connectivity index (χ1v) is 3.89. The molecule has 1 aromatic carbocycles. The van der Waals surface area contributed by atoms with Crippen molar-refractivity contribution in [3.05, 3.63) is 42.2 Å². The van der Waals surface area contributed by atoms with Crippen LogP contribution in [0.3, 0.4) is 0 Å². The molecule has 1 heterocycles. The second-order valence-electron chi connectivity index (χ2n) is 2.74. The van der Waals surface area contributed by atoms with E-state index in [9.17, 15) is 8.78 Å². The zero-order valence-electron chi connectivity index (χ0n) is 6.80. The Morgan fingerprint density at radius 1 is 1.31 bits per heavy atom. The maximum Gasteiger partial charge on any atom is 0.149 e. The van der Waals surface area contributed by atoms with Gasteiger partial charge in [-0.15, -0.1) is 0 Å². The minimum Gasteiger partial charge on any atom is -0.372 e. The Balaban J connectivity index is 2.34. The number of nitrogens with zero attached hydrogens (tertiary/aromatic N) is 1. The van der Waals surface area contributed by atoms with E-state index in [1.165, 1.54) is 12.1 Å². The third-order valence-corrected chi connectivity index (χ3v) is 1.85. The summed E-state index contributed by atoms with van der Waals surface area (Å²) in [4.78, 5) is 1.66. The molecule has 0 unspecified atom stereocenters. The summed E-state index contributed by atoms with van der Waals surface area (Å²) in [5.74, 6) is -1.11. The smallest absolute Gasteiger partial charge is 0.149 e. The van der Waals surface area contributed by atoms with Crippen molar-refractivity contribution in [2.24, 2.45) is 0 Å². The van der Waals surface area contributed by atoms with Crippen LogP contribution in [0.1, 0.15) is 0 Å². The van der Waals surface area contributed by atoms with E-state index in [1.807, 2.05) is 0 Å². The monoisotopic (exact) mass is 182 g/mol. The molecular formula is C9H8F2N2. The number of rotatable bonds is 1. The zero-order chi connectivity index (χ0) is 9.26. The van der Waals surface area contributed by atoms with Gasteiger partial charge in [-0.2, -0.15) is 0 Å². The SMILES string of the molecule is Fc1ccc(N2C=CNC2)c(F)c1. The fraction of sp³-hybridized carbons (Fsp3) is 0.111. The molecule has 0 aliphatic carbocycles. The lowest BCUT2D eigenvalue weighted by Gasteiger charge is -2.15. The van der Waals surface area contributed by atoms with Crippen LogP contribution in [0, 0.1) is 11.6 Å². The van der Waals surface area contributed by atoms with Crippen molar-refractivity contribution < 1.29 is 8.78 Å². The lowest BCUT2D eigenvalue weighted by atomic mass is 10.3. The molecule has 0 aromatic heterocycles. The van der Waals surface area contributed by atoms with Crippen molar-refractivity contribution in [2.45, 2.75) is 0 Å². The molecule has 1 aliphatic heterocycles. The molecule has 0 fully saturated rings. The highest BCUT2D eigenvalue weighted by molar-refractivity contribution is 5.51. The van der Waals surface area contributed by atoms with Gasteiger partial charge in [-0.25, -0.2) is 8.78 Å². The Kier molecular flexibility index (Phi) is 1.88. The first-order chi connectivity index (χ1) is 6.27. The van der Waals surface area contributed by atoms with E-state index in [0.29, 0.717) is 12.4 Å². The molecule has 2 nitrogen and oxygen atoms in total. The summed E-state index contributed by atoms with van der Waals surface area (Å²) in [6.45, 7) is 0.516. The van der Waals surface area contributed by atoms with Gasteiger partial charge in [0.1, 0.15) is 11.6 Å². The van der Waals surface area contributed by atoms with Crippen molar-refractivity contribution in [3.63, 3.8) is 0 Å². The molecule has 0 spiro atoms. The molecule has 68 valence electrons. The molecular weight excluding hydrogens is 174 g/mol. The maximum absolute atomic E-state index is 13.2. The normalized spacial score (nSPS) is 14.8. The van der Waals surface area contributed by atoms with E-state index in [1.54, 1.807) is 17.3 Å². The van der Waals surface area contributed by atoms with Crippen LogP contribution in [0.4, 0.5) is 14.5 Å². The predicted octanol–water partition coefficient (Wildman–Crippen LogP) is 1.80. The molecule has 0 bridgehead atoms. The second-order valence-corrected chi connectivity index (χ2v) is 2.74. The second kappa shape index (κ2) is 3.05. The fourth-order valence-corrected chi connectivity index (χ4v) is 1.23. The van der Waals surface area contributed by atoms with Crippen LogP contribution in [0.2, 0.25) is 0 Å². The Bertz CT molecular complexity index is 349. The highest BCUT2D eigenvalue weighted by atomic mass is 19.1. The van der Waals surface area contributed by atoms with Gasteiger partial charge in [0.05, 0.1) is 12.4 Å². The summed E-state index contributed by atoms with van der Waals surface area (Å²) >= 11 is 0. The highest BCUT2D eigenvalue weighted by Gasteiger charge is 2.11. The Labute approximate surface area is 74.5 Å². The van der Waals surface area contributed by atoms with Crippen LogP contribution < -0.4 is 10.2 Å². The number of hydrogen-bond acceptors (Lipinski definition) is 2. The van der Waals surface area contributed by atoms with Gasteiger partial charge in [0.15, 0.2) is 0 Å². The first-order valence-electron chi connectivity index (χ1n) is 3.89. The van der Waals surface area contributed by atoms with Crippen LogP contribution in [-0.4, -0.2) is 6.67 Å². The van der Waals surface area contributed by atoms with E-state index >= 15 is 0 Å². The first kappa shape index (κ1) is 8.04. The lowest BCUT2D eigenvalue weighted by Crippen LogP contribution is -2.20. The van der Waals surface area contributed by atoms with Gasteiger partial charge in [0.25, 0.3) is 0 Å². The minimum atomic E-state index is -0.558. The van der Waals surface area contributed by atoms with Gasteiger partial charge in [-0.1, -0.05) is 0 Å². The van der Waals surface area contributed by atoms with Gasteiger partial charge >= 0.3 is 0 Å². The van der Waals surface area contributed by atoms with Crippen molar-refractivity contribution in [3.8, 4) is 0 Å². The van der Waals surface area contributed by atoms with Crippen LogP contribution in [0.15, 0.2) is 30.6 Å². The standard InChI is InChI=1S/C9H8F2N2/c10-7-1-2-9(8(11)5-7)13-4-3-12-6-13/h1-5,12H,6H2. The summed E-state index contributed by atoms with van der Waals surface area (Å²) in [6, 6.07) is 3.54. The summed E-state index contributed by atoms with van der Waals surface area (Å²) in [5, 5.41) is 2.90. The lowest BCUT2D eigenvalue weighted by molar-refractivity contribution is 0.582. The highest BCUT2D eigenvalue weighted by Crippen LogP contribution is 2.20. The van der Waals surface area contributed by atoms with Crippen molar-refractivity contribution >= 4 is 5.69 Å². The summed E-state index contributed by atoms with van der Waals surface area (Å²) in [5.41, 5.74) is 0.377. The van der Waals surface area contributed by atoms with Gasteiger partial charge in [-0.05, 0) is 12.1 Å². The van der Waals surface area contributed by atoms with Crippen molar-refractivity contribution in [1.82, 2.24) is 5.32 Å². The zero-order valence-corrected chi connectivity index (χ0v) is 6.80. The molecule has 4 heteroatoms. The van der Waals surface area contributed by atoms with Gasteiger partial charge in [0.2, 0.25) is 0 Å². The van der Waals surface area contributed by atoms with Crippen LogP contribution in [0.5, 0.6) is 0 Å². The van der Waals surface area contributed by atoms with Gasteiger partial charge in [0, 0.05) is 18.5 Å². The Morgan fingerprint density at radius 2 is 2.15 bits per heavy atom. The molecule has 0 atom stereocenters. The quantitative estimate of drug-likeness (QED) is 0.712. The van der Waals surface area contributed by atoms with Crippen LogP contribution in [-0.2, 0) is 0 Å². The van der Waals surface area contributed by atoms with E-state index in [2.05, 4.69) is 5.32 Å². The predicted molar refractivity (Wildman–Crippen MR) is 46.0 cm³/mol. The molecule has 1 aromatic rings. The molecule has 2 rings (SSSR count). The molecule has 0 saturated carbocycles. The summed E-state index contributed by atoms with van der Waals surface area (Å²) in [7, 11) is 0. The Hall–Kier alpha value is -1.58. The van der Waals surface area contributed by atoms with Crippen molar-refractivity contribution in [1.29, 1.82) is 0 Å². The van der Waals surface area contributed by atoms with E-state index in [4.69, 9.17) is 0 Å². The third-order valence-electron chi connectivity index (χ3n) is 1.85. The Morgan fingerprint density at radius 3 is 2.77 bits per heavy atom. The number of anilines is 1. The van der Waals surface area contributed by atoms with Gasteiger partial charge in [-0.3, -0.25) is 0 Å². The molecule has 0 saturated heterocycles. The maximum atomic E-state index is 13.2. The van der Waals surface area contributed by atoms with Crippen LogP contribution in [0.25, 0.3) is 0 Å². The number of halogens is 2. The van der Waals surface area contributed by atoms with Gasteiger partial charge < -0.3 is 10.2 Å². The molecule has 1 aliphatic rings. The van der Waals surface area contributed by atoms with E-state index in [-0.39, 0.29) is 0 Å². The van der Waals surface area contributed by atoms with Crippen LogP contribution >= 0.6 is 0 Å². The largest absolute Gasteiger partial charge is 0.372 e. The fourth-order valence-electron chi connectivity index (χ4n) is 1.23. The summed E-state index contributed by atoms with van der Waals surface area (Å²) < 4.78 is 25.7. The topological polar surface area (TPSA) is 15.3 Å².